The molecule has 4 N–H and O–H groups in total. The zero-order valence-corrected chi connectivity index (χ0v) is 5.38. The van der Waals surface area contributed by atoms with Gasteiger partial charge in [-0.25, -0.2) is 4.79 Å². The van der Waals surface area contributed by atoms with E-state index in [1.807, 2.05) is 0 Å². The van der Waals surface area contributed by atoms with Crippen LogP contribution in [0.1, 0.15) is 5.82 Å². The highest BCUT2D eigenvalue weighted by Gasteiger charge is 1.99. The van der Waals surface area contributed by atoms with Gasteiger partial charge in [-0.05, 0) is 6.92 Å². The monoisotopic (exact) mass is 141 g/mol. The molecule has 10 heavy (non-hydrogen) atoms. The van der Waals surface area contributed by atoms with E-state index < -0.39 is 6.03 Å². The molecule has 2 amide bonds. The molecule has 0 aliphatic heterocycles. The van der Waals surface area contributed by atoms with Crippen molar-refractivity contribution in [3.63, 3.8) is 0 Å². The van der Waals surface area contributed by atoms with Crippen LogP contribution in [-0.4, -0.2) is 21.2 Å². The zero-order chi connectivity index (χ0) is 7.56. The molecule has 1 aromatic heterocycles. The van der Waals surface area contributed by atoms with Crippen molar-refractivity contribution < 1.29 is 4.79 Å². The number of anilines is 1. The Kier molecular flexibility index (Phi) is 1.53. The number of aromatic amines is 1. The normalized spacial score (nSPS) is 9.30. The highest BCUT2D eigenvalue weighted by Crippen LogP contribution is 1.94. The topological polar surface area (TPSA) is 96.7 Å². The third kappa shape index (κ3) is 1.44. The van der Waals surface area contributed by atoms with Crippen LogP contribution in [-0.2, 0) is 0 Å². The number of rotatable bonds is 1. The number of amides is 2. The Morgan fingerprint density at radius 2 is 2.50 bits per heavy atom. The predicted molar refractivity (Wildman–Crippen MR) is 34.3 cm³/mol. The zero-order valence-electron chi connectivity index (χ0n) is 5.38. The first-order chi connectivity index (χ1) is 4.68. The number of H-pyrrole nitrogens is 1. The number of primary amides is 1. The van der Waals surface area contributed by atoms with Gasteiger partial charge in [0.15, 0.2) is 0 Å². The maximum absolute atomic E-state index is 10.2. The minimum Gasteiger partial charge on any atom is -0.351 e. The van der Waals surface area contributed by atoms with Crippen LogP contribution in [0.3, 0.4) is 0 Å². The molecule has 1 rings (SSSR count). The lowest BCUT2D eigenvalue weighted by Crippen LogP contribution is -2.20. The molecule has 0 aromatic carbocycles. The third-order valence-electron chi connectivity index (χ3n) is 0.832. The van der Waals surface area contributed by atoms with Gasteiger partial charge < -0.3 is 5.73 Å². The second-order valence-electron chi connectivity index (χ2n) is 1.73. The van der Waals surface area contributed by atoms with Gasteiger partial charge in [-0.15, -0.1) is 5.10 Å². The van der Waals surface area contributed by atoms with Crippen LogP contribution in [0, 0.1) is 6.92 Å². The van der Waals surface area contributed by atoms with Gasteiger partial charge in [0, 0.05) is 0 Å². The van der Waals surface area contributed by atoms with Crippen molar-refractivity contribution in [3.8, 4) is 0 Å². The third-order valence-corrected chi connectivity index (χ3v) is 0.832. The number of nitrogens with one attached hydrogen (secondary N) is 2. The molecule has 0 aliphatic carbocycles. The SMILES string of the molecule is Cc1nc(NC(N)=O)n[nH]1. The van der Waals surface area contributed by atoms with Crippen LogP contribution in [0.15, 0.2) is 0 Å². The van der Waals surface area contributed by atoms with Crippen LogP contribution in [0.4, 0.5) is 10.7 Å². The minimum atomic E-state index is -0.668. The summed E-state index contributed by atoms with van der Waals surface area (Å²) in [6.07, 6.45) is 0. The van der Waals surface area contributed by atoms with E-state index in [-0.39, 0.29) is 5.95 Å². The van der Waals surface area contributed by atoms with Crippen molar-refractivity contribution in [2.75, 3.05) is 5.32 Å². The minimum absolute atomic E-state index is 0.199. The van der Waals surface area contributed by atoms with Crippen molar-refractivity contribution in [3.05, 3.63) is 5.82 Å². The molecular weight excluding hydrogens is 134 g/mol. The first kappa shape index (κ1) is 6.53. The highest BCUT2D eigenvalue weighted by molar-refractivity contribution is 5.85. The summed E-state index contributed by atoms with van der Waals surface area (Å²) in [5.41, 5.74) is 4.79. The molecule has 0 unspecified atom stereocenters. The lowest BCUT2D eigenvalue weighted by Gasteiger charge is -1.89. The van der Waals surface area contributed by atoms with E-state index in [0.29, 0.717) is 5.82 Å². The fourth-order valence-electron chi connectivity index (χ4n) is 0.509. The number of nitrogens with zero attached hydrogens (tertiary/aromatic N) is 2. The van der Waals surface area contributed by atoms with Gasteiger partial charge in [0.05, 0.1) is 0 Å². The number of aryl methyl sites for hydroxylation is 1. The molecule has 6 nitrogen and oxygen atoms in total. The van der Waals surface area contributed by atoms with Crippen LogP contribution >= 0.6 is 0 Å². The summed E-state index contributed by atoms with van der Waals surface area (Å²) in [7, 11) is 0. The number of carbonyl (C=O) groups is 1. The lowest BCUT2D eigenvalue weighted by atomic mass is 10.7. The Morgan fingerprint density at radius 3 is 2.90 bits per heavy atom. The quantitative estimate of drug-likeness (QED) is 0.496. The Hall–Kier alpha value is -1.59. The number of hydrogen-bond acceptors (Lipinski definition) is 3. The molecule has 1 heterocycles. The summed E-state index contributed by atoms with van der Waals surface area (Å²) in [5.74, 6) is 0.828. The maximum Gasteiger partial charge on any atom is 0.319 e. The molecule has 6 heteroatoms. The van der Waals surface area contributed by atoms with Crippen LogP contribution < -0.4 is 11.1 Å². The fraction of sp³-hybridized carbons (Fsp3) is 0.250. The molecular formula is C4H7N5O. The highest BCUT2D eigenvalue weighted by atomic mass is 16.2. The van der Waals surface area contributed by atoms with Gasteiger partial charge in [0.2, 0.25) is 5.95 Å². The number of urea groups is 1. The lowest BCUT2D eigenvalue weighted by molar-refractivity contribution is 0.259. The molecule has 0 atom stereocenters. The van der Waals surface area contributed by atoms with Gasteiger partial charge in [-0.1, -0.05) is 0 Å². The Labute approximate surface area is 56.8 Å². The summed E-state index contributed by atoms with van der Waals surface area (Å²) >= 11 is 0. The van der Waals surface area contributed by atoms with Crippen LogP contribution in [0.5, 0.6) is 0 Å². The molecule has 1 aromatic rings. The van der Waals surface area contributed by atoms with Crippen molar-refractivity contribution in [1.82, 2.24) is 15.2 Å². The smallest absolute Gasteiger partial charge is 0.319 e. The van der Waals surface area contributed by atoms with Crippen molar-refractivity contribution in [1.29, 1.82) is 0 Å². The van der Waals surface area contributed by atoms with E-state index in [1.54, 1.807) is 6.92 Å². The molecule has 0 spiro atoms. The van der Waals surface area contributed by atoms with E-state index in [1.165, 1.54) is 0 Å². The molecule has 0 saturated heterocycles. The van der Waals surface area contributed by atoms with E-state index in [2.05, 4.69) is 20.5 Å². The average Bonchev–Trinajstić information content (AvgIpc) is 2.13. The summed E-state index contributed by atoms with van der Waals surface area (Å²) < 4.78 is 0. The van der Waals surface area contributed by atoms with E-state index >= 15 is 0 Å². The molecule has 0 fully saturated rings. The van der Waals surface area contributed by atoms with E-state index in [4.69, 9.17) is 5.73 Å². The molecule has 54 valence electrons. The Bertz CT molecular complexity index is 242. The van der Waals surface area contributed by atoms with Gasteiger partial charge in [0.25, 0.3) is 0 Å². The first-order valence-corrected chi connectivity index (χ1v) is 2.64. The number of nitrogens with two attached hydrogens (primary N) is 1. The summed E-state index contributed by atoms with van der Waals surface area (Å²) in [6.45, 7) is 1.72. The van der Waals surface area contributed by atoms with Crippen molar-refractivity contribution in [2.45, 2.75) is 6.92 Å². The average molecular weight is 141 g/mol. The molecule has 0 bridgehead atoms. The second-order valence-corrected chi connectivity index (χ2v) is 1.73. The van der Waals surface area contributed by atoms with Crippen molar-refractivity contribution >= 4 is 12.0 Å². The fourth-order valence-corrected chi connectivity index (χ4v) is 0.509. The number of carbonyl (C=O) groups excluding carboxylic acids is 1. The Morgan fingerprint density at radius 1 is 1.80 bits per heavy atom. The maximum atomic E-state index is 10.2. The Balaban J connectivity index is 2.67. The summed E-state index contributed by atoms with van der Waals surface area (Å²) in [5, 5.41) is 8.36. The standard InChI is InChI=1S/C4H7N5O/c1-2-6-4(9-8-2)7-3(5)10/h1H3,(H4,5,6,7,8,9,10). The summed E-state index contributed by atoms with van der Waals surface area (Å²) in [6, 6.07) is -0.668. The van der Waals surface area contributed by atoms with Crippen molar-refractivity contribution in [2.24, 2.45) is 5.73 Å². The van der Waals surface area contributed by atoms with Crippen LogP contribution in [0.2, 0.25) is 0 Å². The van der Waals surface area contributed by atoms with E-state index in [0.717, 1.165) is 0 Å². The van der Waals surface area contributed by atoms with Crippen LogP contribution in [0.25, 0.3) is 0 Å². The van der Waals surface area contributed by atoms with Gasteiger partial charge in [-0.2, -0.15) is 4.98 Å². The van der Waals surface area contributed by atoms with E-state index in [9.17, 15) is 4.79 Å². The number of hydrogen-bond donors (Lipinski definition) is 3. The molecule has 0 radical (unpaired) electrons. The van der Waals surface area contributed by atoms with Gasteiger partial charge >= 0.3 is 6.03 Å². The van der Waals surface area contributed by atoms with Gasteiger partial charge in [0.1, 0.15) is 5.82 Å². The largest absolute Gasteiger partial charge is 0.351 e. The summed E-state index contributed by atoms with van der Waals surface area (Å²) in [4.78, 5) is 14.0. The second kappa shape index (κ2) is 2.34. The molecule has 0 aliphatic rings. The number of aromatic nitrogens is 3. The van der Waals surface area contributed by atoms with Gasteiger partial charge in [-0.3, -0.25) is 10.4 Å². The predicted octanol–water partition coefficient (Wildman–Crippen LogP) is -0.396. The molecule has 0 saturated carbocycles. The first-order valence-electron chi connectivity index (χ1n) is 2.64.